The molecule has 4 heterocycles. The van der Waals surface area contributed by atoms with Crippen LogP contribution < -0.4 is 10.6 Å². The van der Waals surface area contributed by atoms with E-state index >= 15 is 0 Å². The fraction of sp³-hybridized carbons (Fsp3) is 0.600. The maximum absolute atomic E-state index is 13.2. The summed E-state index contributed by atoms with van der Waals surface area (Å²) in [6, 6.07) is 1.89. The molecule has 2 N–H and O–H groups in total. The second kappa shape index (κ2) is 8.33. The minimum absolute atomic E-state index is 0.0842. The predicted molar refractivity (Wildman–Crippen MR) is 112 cm³/mol. The molecule has 1 aromatic heterocycles. The van der Waals surface area contributed by atoms with E-state index in [0.29, 0.717) is 43.8 Å². The van der Waals surface area contributed by atoms with Crippen molar-refractivity contribution in [2.24, 2.45) is 7.05 Å². The van der Waals surface area contributed by atoms with E-state index in [1.807, 2.05) is 25.6 Å². The first kappa shape index (κ1) is 20.8. The number of rotatable bonds is 5. The molecule has 10 heteroatoms. The Morgan fingerprint density at radius 2 is 1.90 bits per heavy atom. The van der Waals surface area contributed by atoms with Gasteiger partial charge >= 0.3 is 0 Å². The number of nitrogens with one attached hydrogen (secondary N) is 2. The zero-order chi connectivity index (χ0) is 21.4. The molecular weight excluding hydrogens is 406 g/mol. The molecule has 0 saturated carbocycles. The van der Waals surface area contributed by atoms with Crippen LogP contribution in [0, 0.1) is 0 Å². The summed E-state index contributed by atoms with van der Waals surface area (Å²) in [5.74, 6) is -0.136. The lowest BCUT2D eigenvalue weighted by molar-refractivity contribution is -0.162. The van der Waals surface area contributed by atoms with Gasteiger partial charge in [-0.15, -0.1) is 0 Å². The van der Waals surface area contributed by atoms with Crippen molar-refractivity contribution in [2.75, 3.05) is 25.1 Å². The van der Waals surface area contributed by atoms with Crippen LogP contribution in [-0.2, 0) is 21.4 Å². The Bertz CT molecular complexity index is 871. The normalized spacial score (nSPS) is 28.2. The van der Waals surface area contributed by atoms with Gasteiger partial charge in [0.1, 0.15) is 17.8 Å². The van der Waals surface area contributed by atoms with Crippen LogP contribution >= 0.6 is 11.8 Å². The highest BCUT2D eigenvalue weighted by Gasteiger charge is 2.53. The number of piperidine rings is 1. The summed E-state index contributed by atoms with van der Waals surface area (Å²) >= 11 is 1.42. The van der Waals surface area contributed by atoms with E-state index in [1.54, 1.807) is 20.4 Å². The molecule has 3 saturated heterocycles. The standard InChI is InChI=1S/C20H27N5O4S/c1-23-7-3-4-14(23)18(27)21-12-5-8-24-15(10-12)19(28)25-9-6-13(17(25)20(24)29)22-16(26)11-30-2/h3-4,7,12-13,15,17H,5-6,8-11H2,1-2H3,(H,21,27)(H,22,26)/t12-,13+,15+,17+/m1/s1. The Morgan fingerprint density at radius 3 is 2.60 bits per heavy atom. The summed E-state index contributed by atoms with van der Waals surface area (Å²) in [4.78, 5) is 54.1. The van der Waals surface area contributed by atoms with Crippen molar-refractivity contribution in [3.8, 4) is 0 Å². The highest BCUT2D eigenvalue weighted by molar-refractivity contribution is 7.99. The lowest BCUT2D eigenvalue weighted by atomic mass is 9.91. The molecular formula is C20H27N5O4S. The second-order valence-corrected chi connectivity index (χ2v) is 8.98. The molecule has 4 atom stereocenters. The van der Waals surface area contributed by atoms with Crippen LogP contribution in [0.4, 0.5) is 0 Å². The first-order valence-corrected chi connectivity index (χ1v) is 11.6. The molecule has 0 spiro atoms. The van der Waals surface area contributed by atoms with Gasteiger partial charge in [-0.2, -0.15) is 11.8 Å². The molecule has 0 unspecified atom stereocenters. The number of aromatic nitrogens is 1. The van der Waals surface area contributed by atoms with Crippen LogP contribution in [0.25, 0.3) is 0 Å². The van der Waals surface area contributed by atoms with Crippen molar-refractivity contribution in [2.45, 2.75) is 43.4 Å². The molecule has 0 radical (unpaired) electrons. The number of carbonyl (C=O) groups excluding carboxylic acids is 4. The van der Waals surface area contributed by atoms with Gasteiger partial charge in [0.05, 0.1) is 11.8 Å². The van der Waals surface area contributed by atoms with Crippen molar-refractivity contribution in [1.29, 1.82) is 0 Å². The first-order valence-electron chi connectivity index (χ1n) is 10.2. The number of aryl methyl sites for hydroxylation is 1. The summed E-state index contributed by atoms with van der Waals surface area (Å²) < 4.78 is 1.75. The topological polar surface area (TPSA) is 104 Å². The Hall–Kier alpha value is -2.49. The summed E-state index contributed by atoms with van der Waals surface area (Å²) in [5, 5.41) is 5.93. The van der Waals surface area contributed by atoms with Gasteiger partial charge in [0.15, 0.2) is 0 Å². The molecule has 0 aromatic carbocycles. The van der Waals surface area contributed by atoms with Crippen molar-refractivity contribution >= 4 is 35.4 Å². The Kier molecular flexibility index (Phi) is 5.77. The highest BCUT2D eigenvalue weighted by Crippen LogP contribution is 2.32. The van der Waals surface area contributed by atoms with E-state index < -0.39 is 12.1 Å². The number of nitrogens with zero attached hydrogens (tertiary/aromatic N) is 3. The molecule has 3 aliphatic rings. The Morgan fingerprint density at radius 1 is 1.13 bits per heavy atom. The van der Waals surface area contributed by atoms with Crippen molar-refractivity contribution in [3.63, 3.8) is 0 Å². The third-order valence-corrected chi connectivity index (χ3v) is 6.79. The number of hydrogen-bond donors (Lipinski definition) is 2. The third kappa shape index (κ3) is 3.68. The van der Waals surface area contributed by atoms with Crippen molar-refractivity contribution in [1.82, 2.24) is 25.0 Å². The van der Waals surface area contributed by atoms with Crippen molar-refractivity contribution < 1.29 is 19.2 Å². The SMILES string of the molecule is CSCC(=O)N[C@H]1CCN2C(=O)[C@@H]3C[C@H](NC(=O)c4cccn4C)CCN3C(=O)[C@H]12. The molecule has 1 aromatic rings. The van der Waals surface area contributed by atoms with Gasteiger partial charge in [0.2, 0.25) is 17.7 Å². The Labute approximate surface area is 179 Å². The Balaban J connectivity index is 1.43. The van der Waals surface area contributed by atoms with Crippen LogP contribution in [0.2, 0.25) is 0 Å². The van der Waals surface area contributed by atoms with Crippen LogP contribution in [-0.4, -0.2) is 87.3 Å². The lowest BCUT2D eigenvalue weighted by Crippen LogP contribution is -2.69. The number of thioether (sulfide) groups is 1. The quantitative estimate of drug-likeness (QED) is 0.656. The first-order chi connectivity index (χ1) is 14.4. The zero-order valence-electron chi connectivity index (χ0n) is 17.2. The maximum Gasteiger partial charge on any atom is 0.268 e. The number of amides is 4. The van der Waals surface area contributed by atoms with E-state index in [2.05, 4.69) is 10.6 Å². The van der Waals surface area contributed by atoms with Gasteiger partial charge in [0, 0.05) is 32.4 Å². The monoisotopic (exact) mass is 433 g/mol. The molecule has 162 valence electrons. The lowest BCUT2D eigenvalue weighted by Gasteiger charge is -2.47. The largest absolute Gasteiger partial charge is 0.350 e. The summed E-state index contributed by atoms with van der Waals surface area (Å²) in [6.45, 7) is 0.882. The fourth-order valence-electron chi connectivity index (χ4n) is 4.79. The number of piperazine rings is 1. The second-order valence-electron chi connectivity index (χ2n) is 8.12. The zero-order valence-corrected chi connectivity index (χ0v) is 18.0. The smallest absolute Gasteiger partial charge is 0.268 e. The number of hydrogen-bond acceptors (Lipinski definition) is 5. The fourth-order valence-corrected chi connectivity index (χ4v) is 5.13. The van der Waals surface area contributed by atoms with Crippen LogP contribution in [0.5, 0.6) is 0 Å². The maximum atomic E-state index is 13.2. The molecule has 4 rings (SSSR count). The molecule has 3 fully saturated rings. The van der Waals surface area contributed by atoms with E-state index in [4.69, 9.17) is 0 Å². The van der Waals surface area contributed by atoms with E-state index in [-0.39, 0.29) is 35.7 Å². The van der Waals surface area contributed by atoms with Crippen LogP contribution in [0.3, 0.4) is 0 Å². The van der Waals surface area contributed by atoms with Gasteiger partial charge in [-0.25, -0.2) is 0 Å². The third-order valence-electron chi connectivity index (χ3n) is 6.24. The van der Waals surface area contributed by atoms with Gasteiger partial charge in [-0.3, -0.25) is 19.2 Å². The molecule has 4 amide bonds. The summed E-state index contributed by atoms with van der Waals surface area (Å²) in [7, 11) is 1.81. The minimum Gasteiger partial charge on any atom is -0.350 e. The van der Waals surface area contributed by atoms with Gasteiger partial charge in [-0.1, -0.05) is 0 Å². The van der Waals surface area contributed by atoms with E-state index in [1.165, 1.54) is 11.8 Å². The molecule has 30 heavy (non-hydrogen) atoms. The summed E-state index contributed by atoms with van der Waals surface area (Å²) in [5.41, 5.74) is 0.562. The van der Waals surface area contributed by atoms with Crippen LogP contribution in [0.15, 0.2) is 18.3 Å². The van der Waals surface area contributed by atoms with E-state index in [9.17, 15) is 19.2 Å². The van der Waals surface area contributed by atoms with E-state index in [0.717, 1.165) is 0 Å². The predicted octanol–water partition coefficient (Wildman–Crippen LogP) is -0.423. The van der Waals surface area contributed by atoms with Crippen molar-refractivity contribution in [3.05, 3.63) is 24.0 Å². The summed E-state index contributed by atoms with van der Waals surface area (Å²) in [6.07, 6.45) is 5.25. The molecule has 3 aliphatic heterocycles. The average molecular weight is 434 g/mol. The average Bonchev–Trinajstić information content (AvgIpc) is 3.33. The van der Waals surface area contributed by atoms with Crippen LogP contribution in [0.1, 0.15) is 29.8 Å². The molecule has 0 aliphatic carbocycles. The highest BCUT2D eigenvalue weighted by atomic mass is 32.2. The molecule has 9 nitrogen and oxygen atoms in total. The van der Waals surface area contributed by atoms with Gasteiger partial charge < -0.3 is 25.0 Å². The van der Waals surface area contributed by atoms with Gasteiger partial charge in [-0.05, 0) is 37.7 Å². The number of fused-ring (bicyclic) bond motifs is 2. The molecule has 0 bridgehead atoms. The minimum atomic E-state index is -0.617. The number of carbonyl (C=O) groups is 4. The van der Waals surface area contributed by atoms with Gasteiger partial charge in [0.25, 0.3) is 5.91 Å².